The first-order chi connectivity index (χ1) is 13.5. The molecule has 0 spiro atoms. The van der Waals surface area contributed by atoms with E-state index in [9.17, 15) is 10.1 Å². The van der Waals surface area contributed by atoms with E-state index in [4.69, 9.17) is 14.2 Å². The highest BCUT2D eigenvalue weighted by Crippen LogP contribution is 2.35. The SMILES string of the molecule is COCCCNC(=O)C(C#N)=Cc1cc(C)n(-c2ccc3c(c2)OCO3)c1C. The first-order valence-corrected chi connectivity index (χ1v) is 9.03. The lowest BCUT2D eigenvalue weighted by atomic mass is 10.1. The largest absolute Gasteiger partial charge is 0.454 e. The summed E-state index contributed by atoms with van der Waals surface area (Å²) in [7, 11) is 1.61. The molecule has 1 aromatic carbocycles. The summed E-state index contributed by atoms with van der Waals surface area (Å²) >= 11 is 0. The van der Waals surface area contributed by atoms with E-state index in [1.165, 1.54) is 0 Å². The summed E-state index contributed by atoms with van der Waals surface area (Å²) in [6, 6.07) is 9.70. The van der Waals surface area contributed by atoms with Crippen LogP contribution in [0.4, 0.5) is 0 Å². The fraction of sp³-hybridized carbons (Fsp3) is 0.333. The Morgan fingerprint density at radius 1 is 1.32 bits per heavy atom. The molecule has 7 heteroatoms. The maximum absolute atomic E-state index is 12.3. The normalized spacial score (nSPS) is 12.7. The Labute approximate surface area is 164 Å². The summed E-state index contributed by atoms with van der Waals surface area (Å²) in [5.41, 5.74) is 3.74. The molecule has 0 unspecified atom stereocenters. The van der Waals surface area contributed by atoms with Crippen LogP contribution in [-0.2, 0) is 9.53 Å². The molecule has 0 saturated carbocycles. The molecule has 0 bridgehead atoms. The predicted molar refractivity (Wildman–Crippen MR) is 104 cm³/mol. The van der Waals surface area contributed by atoms with Gasteiger partial charge in [0.1, 0.15) is 11.6 Å². The van der Waals surface area contributed by atoms with Crippen LogP contribution in [0.5, 0.6) is 11.5 Å². The summed E-state index contributed by atoms with van der Waals surface area (Å²) in [4.78, 5) is 12.3. The van der Waals surface area contributed by atoms with Gasteiger partial charge in [-0.05, 0) is 50.1 Å². The second-order valence-corrected chi connectivity index (χ2v) is 6.47. The van der Waals surface area contributed by atoms with Crippen LogP contribution < -0.4 is 14.8 Å². The zero-order valence-electron chi connectivity index (χ0n) is 16.2. The monoisotopic (exact) mass is 381 g/mol. The number of methoxy groups -OCH3 is 1. The number of amides is 1. The molecule has 28 heavy (non-hydrogen) atoms. The van der Waals surface area contributed by atoms with Crippen LogP contribution in [-0.4, -0.2) is 37.5 Å². The van der Waals surface area contributed by atoms with Crippen molar-refractivity contribution in [1.29, 1.82) is 5.26 Å². The fourth-order valence-corrected chi connectivity index (χ4v) is 3.17. The maximum atomic E-state index is 12.3. The van der Waals surface area contributed by atoms with Gasteiger partial charge in [0.25, 0.3) is 5.91 Å². The predicted octanol–water partition coefficient (Wildman–Crippen LogP) is 2.88. The third-order valence-corrected chi connectivity index (χ3v) is 4.56. The molecule has 1 N–H and O–H groups in total. The Balaban J connectivity index is 1.85. The van der Waals surface area contributed by atoms with Gasteiger partial charge in [-0.25, -0.2) is 0 Å². The molecular formula is C21H23N3O4. The van der Waals surface area contributed by atoms with Crippen molar-refractivity contribution in [3.63, 3.8) is 0 Å². The number of carbonyl (C=O) groups is 1. The van der Waals surface area contributed by atoms with Gasteiger partial charge in [0.2, 0.25) is 6.79 Å². The highest BCUT2D eigenvalue weighted by Gasteiger charge is 2.17. The van der Waals surface area contributed by atoms with Crippen LogP contribution in [0.15, 0.2) is 29.8 Å². The molecular weight excluding hydrogens is 358 g/mol. The molecule has 146 valence electrons. The number of ether oxygens (including phenoxy) is 3. The van der Waals surface area contributed by atoms with Crippen LogP contribution in [0.1, 0.15) is 23.4 Å². The van der Waals surface area contributed by atoms with Crippen molar-refractivity contribution in [2.45, 2.75) is 20.3 Å². The van der Waals surface area contributed by atoms with Gasteiger partial charge in [-0.1, -0.05) is 0 Å². The van der Waals surface area contributed by atoms with Crippen molar-refractivity contribution < 1.29 is 19.0 Å². The number of nitriles is 1. The minimum Gasteiger partial charge on any atom is -0.454 e. The molecule has 2 heterocycles. The van der Waals surface area contributed by atoms with E-state index in [-0.39, 0.29) is 18.3 Å². The minimum absolute atomic E-state index is 0.0725. The Bertz CT molecular complexity index is 953. The smallest absolute Gasteiger partial charge is 0.261 e. The molecule has 2 aromatic rings. The van der Waals surface area contributed by atoms with E-state index < -0.39 is 0 Å². The van der Waals surface area contributed by atoms with E-state index in [0.29, 0.717) is 25.3 Å². The van der Waals surface area contributed by atoms with Crippen molar-refractivity contribution in [2.75, 3.05) is 27.1 Å². The lowest BCUT2D eigenvalue weighted by Gasteiger charge is -2.10. The van der Waals surface area contributed by atoms with Crippen molar-refractivity contribution >= 4 is 12.0 Å². The number of nitrogens with zero attached hydrogens (tertiary/aromatic N) is 2. The van der Waals surface area contributed by atoms with Gasteiger partial charge in [-0.15, -0.1) is 0 Å². The maximum Gasteiger partial charge on any atom is 0.261 e. The molecule has 0 radical (unpaired) electrons. The molecule has 0 aliphatic carbocycles. The number of aromatic nitrogens is 1. The van der Waals surface area contributed by atoms with Gasteiger partial charge in [0.05, 0.1) is 0 Å². The summed E-state index contributed by atoms with van der Waals surface area (Å²) in [6.45, 7) is 5.17. The van der Waals surface area contributed by atoms with Crippen LogP contribution >= 0.6 is 0 Å². The van der Waals surface area contributed by atoms with Crippen LogP contribution in [0, 0.1) is 25.2 Å². The van der Waals surface area contributed by atoms with E-state index in [1.807, 2.05) is 44.2 Å². The van der Waals surface area contributed by atoms with Crippen LogP contribution in [0.2, 0.25) is 0 Å². The average Bonchev–Trinajstić information content (AvgIpc) is 3.26. The summed E-state index contributed by atoms with van der Waals surface area (Å²) < 4.78 is 17.8. The average molecular weight is 381 g/mol. The number of hydrogen-bond donors (Lipinski definition) is 1. The van der Waals surface area contributed by atoms with Crippen molar-refractivity contribution in [3.8, 4) is 23.3 Å². The van der Waals surface area contributed by atoms with Gasteiger partial charge in [0.15, 0.2) is 11.5 Å². The Kier molecular flexibility index (Phi) is 6.02. The quantitative estimate of drug-likeness (QED) is 0.453. The first kappa shape index (κ1) is 19.5. The molecule has 3 rings (SSSR count). The highest BCUT2D eigenvalue weighted by molar-refractivity contribution is 6.01. The van der Waals surface area contributed by atoms with Crippen molar-refractivity contribution in [2.24, 2.45) is 0 Å². The number of carbonyl (C=O) groups excluding carboxylic acids is 1. The van der Waals surface area contributed by atoms with Gasteiger partial charge < -0.3 is 24.1 Å². The molecule has 1 aromatic heterocycles. The number of benzene rings is 1. The number of hydrogen-bond acceptors (Lipinski definition) is 5. The standard InChI is InChI=1S/C21H23N3O4/c1-14-9-16(10-17(12-22)21(25)23-7-4-8-26-3)15(2)24(14)18-5-6-19-20(11-18)28-13-27-19/h5-6,9-11H,4,7-8,13H2,1-3H3,(H,23,25). The topological polar surface area (TPSA) is 85.5 Å². The van der Waals surface area contributed by atoms with E-state index in [1.54, 1.807) is 13.2 Å². The number of rotatable bonds is 7. The number of aryl methyl sites for hydroxylation is 1. The summed E-state index contributed by atoms with van der Waals surface area (Å²) in [5.74, 6) is 1.05. The number of nitrogens with one attached hydrogen (secondary N) is 1. The van der Waals surface area contributed by atoms with Gasteiger partial charge in [0, 0.05) is 43.4 Å². The molecule has 0 saturated heterocycles. The van der Waals surface area contributed by atoms with Crippen LogP contribution in [0.25, 0.3) is 11.8 Å². The molecule has 7 nitrogen and oxygen atoms in total. The molecule has 1 aliphatic rings. The van der Waals surface area contributed by atoms with Gasteiger partial charge in [-0.3, -0.25) is 4.79 Å². The van der Waals surface area contributed by atoms with Gasteiger partial charge >= 0.3 is 0 Å². The minimum atomic E-state index is -0.383. The van der Waals surface area contributed by atoms with Crippen LogP contribution in [0.3, 0.4) is 0 Å². The van der Waals surface area contributed by atoms with E-state index >= 15 is 0 Å². The number of fused-ring (bicyclic) bond motifs is 1. The third-order valence-electron chi connectivity index (χ3n) is 4.56. The van der Waals surface area contributed by atoms with Crippen molar-refractivity contribution in [1.82, 2.24) is 9.88 Å². The Morgan fingerprint density at radius 3 is 2.86 bits per heavy atom. The fourth-order valence-electron chi connectivity index (χ4n) is 3.17. The molecule has 0 atom stereocenters. The second kappa shape index (κ2) is 8.63. The summed E-state index contributed by atoms with van der Waals surface area (Å²) in [6.07, 6.45) is 2.32. The summed E-state index contributed by atoms with van der Waals surface area (Å²) in [5, 5.41) is 12.2. The lowest BCUT2D eigenvalue weighted by Crippen LogP contribution is -2.26. The first-order valence-electron chi connectivity index (χ1n) is 9.03. The Morgan fingerprint density at radius 2 is 2.11 bits per heavy atom. The zero-order chi connectivity index (χ0) is 20.1. The third kappa shape index (κ3) is 4.02. The zero-order valence-corrected chi connectivity index (χ0v) is 16.2. The van der Waals surface area contributed by atoms with Gasteiger partial charge in [-0.2, -0.15) is 5.26 Å². The Hall–Kier alpha value is -3.24. The van der Waals surface area contributed by atoms with Crippen molar-refractivity contribution in [3.05, 3.63) is 46.8 Å². The van der Waals surface area contributed by atoms with E-state index in [0.717, 1.165) is 28.4 Å². The molecule has 1 amide bonds. The molecule has 0 fully saturated rings. The second-order valence-electron chi connectivity index (χ2n) is 6.47. The lowest BCUT2D eigenvalue weighted by molar-refractivity contribution is -0.117. The van der Waals surface area contributed by atoms with E-state index in [2.05, 4.69) is 9.88 Å². The molecule has 1 aliphatic heterocycles. The highest BCUT2D eigenvalue weighted by atomic mass is 16.7.